The summed E-state index contributed by atoms with van der Waals surface area (Å²) >= 11 is 0. The van der Waals surface area contributed by atoms with Crippen molar-refractivity contribution < 1.29 is 27.5 Å². The van der Waals surface area contributed by atoms with E-state index in [2.05, 4.69) is 16.0 Å². The molecule has 3 N–H and O–H groups in total. The Hall–Kier alpha value is -3.23. The molecule has 6 nitrogen and oxygen atoms in total. The number of urea groups is 1. The molecular weight excluding hydrogens is 363 g/mol. The van der Waals surface area contributed by atoms with Gasteiger partial charge in [0.25, 0.3) is 0 Å². The predicted octanol–water partition coefficient (Wildman–Crippen LogP) is 2.52. The van der Waals surface area contributed by atoms with Crippen molar-refractivity contribution in [2.24, 2.45) is 0 Å². The van der Waals surface area contributed by atoms with Gasteiger partial charge in [-0.25, -0.2) is 18.0 Å². The van der Waals surface area contributed by atoms with Crippen LogP contribution in [0.4, 0.5) is 23.7 Å². The summed E-state index contributed by atoms with van der Waals surface area (Å²) in [5.74, 6) is -3.73. The monoisotopic (exact) mass is 379 g/mol. The van der Waals surface area contributed by atoms with E-state index in [1.807, 2.05) is 0 Å². The molecule has 0 aliphatic carbocycles. The van der Waals surface area contributed by atoms with Crippen molar-refractivity contribution in [1.29, 1.82) is 0 Å². The summed E-state index contributed by atoms with van der Waals surface area (Å²) in [7, 11) is 1.28. The summed E-state index contributed by atoms with van der Waals surface area (Å²) in [4.78, 5) is 24.2. The molecule has 0 radical (unpaired) electrons. The largest absolute Gasteiger partial charge is 0.497 e. The number of hydrogen-bond acceptors (Lipinski definition) is 3. The molecule has 3 rings (SSSR count). The summed E-state index contributed by atoms with van der Waals surface area (Å²) in [5.41, 5.74) is -0.0214. The van der Waals surface area contributed by atoms with Crippen molar-refractivity contribution in [2.45, 2.75) is 12.0 Å². The molecule has 2 aromatic carbocycles. The number of amides is 3. The Bertz CT molecular complexity index is 851. The lowest BCUT2D eigenvalue weighted by atomic mass is 9.93. The number of methoxy groups -OCH3 is 1. The van der Waals surface area contributed by atoms with E-state index in [4.69, 9.17) is 4.74 Å². The summed E-state index contributed by atoms with van der Waals surface area (Å²) in [6.45, 7) is -0.0412. The van der Waals surface area contributed by atoms with Gasteiger partial charge in [0.2, 0.25) is 5.91 Å². The summed E-state index contributed by atoms with van der Waals surface area (Å²) in [6, 6.07) is 5.07. The van der Waals surface area contributed by atoms with Crippen LogP contribution in [0.5, 0.6) is 5.75 Å². The molecule has 3 amide bonds. The fraction of sp³-hybridized carbons (Fsp3) is 0.222. The van der Waals surface area contributed by atoms with Crippen LogP contribution in [0.2, 0.25) is 0 Å². The van der Waals surface area contributed by atoms with Crippen molar-refractivity contribution in [3.05, 3.63) is 59.4 Å². The second-order valence-corrected chi connectivity index (χ2v) is 5.94. The van der Waals surface area contributed by atoms with Crippen LogP contribution in [0.15, 0.2) is 36.4 Å². The number of carbonyl (C=O) groups excluding carboxylic acids is 2. The van der Waals surface area contributed by atoms with E-state index in [0.29, 0.717) is 5.69 Å². The van der Waals surface area contributed by atoms with Crippen molar-refractivity contribution in [2.75, 3.05) is 19.0 Å². The van der Waals surface area contributed by atoms with Crippen LogP contribution in [-0.2, 0) is 4.79 Å². The Morgan fingerprint density at radius 2 is 1.78 bits per heavy atom. The molecule has 2 aromatic rings. The summed E-state index contributed by atoms with van der Waals surface area (Å²) in [6.07, 6.45) is 0. The van der Waals surface area contributed by atoms with Crippen LogP contribution in [0.3, 0.4) is 0 Å². The highest BCUT2D eigenvalue weighted by Gasteiger charge is 2.40. The van der Waals surface area contributed by atoms with Crippen molar-refractivity contribution in [3.8, 4) is 5.75 Å². The molecule has 142 valence electrons. The van der Waals surface area contributed by atoms with Crippen LogP contribution >= 0.6 is 0 Å². The van der Waals surface area contributed by atoms with Crippen LogP contribution in [0.1, 0.15) is 11.5 Å². The molecule has 1 aliphatic rings. The normalized spacial score (nSPS) is 18.7. The highest BCUT2D eigenvalue weighted by molar-refractivity contribution is 5.95. The molecule has 1 aliphatic heterocycles. The number of nitrogens with one attached hydrogen (secondary N) is 3. The Morgan fingerprint density at radius 3 is 2.37 bits per heavy atom. The highest BCUT2D eigenvalue weighted by Crippen LogP contribution is 2.31. The number of anilines is 1. The fourth-order valence-corrected chi connectivity index (χ4v) is 2.93. The van der Waals surface area contributed by atoms with E-state index in [1.165, 1.54) is 19.2 Å². The van der Waals surface area contributed by atoms with E-state index in [9.17, 15) is 22.8 Å². The molecule has 0 bridgehead atoms. The van der Waals surface area contributed by atoms with Gasteiger partial charge in [-0.1, -0.05) is 0 Å². The van der Waals surface area contributed by atoms with Gasteiger partial charge in [0, 0.05) is 35.8 Å². The van der Waals surface area contributed by atoms with Gasteiger partial charge in [0.1, 0.15) is 29.2 Å². The van der Waals surface area contributed by atoms with Crippen molar-refractivity contribution in [3.63, 3.8) is 0 Å². The standard InChI is InChI=1S/C18H16F3N3O3/c1-27-11-6-13(20)15(14(21)7-11)12-8-22-17(25)16(12)24-18(26)23-10-4-2-9(19)3-5-10/h2-7,12,16H,8H2,1H3,(H,22,25)(H2,23,24,26)/t12-,16+/m0/s1. The number of rotatable bonds is 4. The zero-order chi connectivity index (χ0) is 19.6. The lowest BCUT2D eigenvalue weighted by molar-refractivity contribution is -0.120. The van der Waals surface area contributed by atoms with Gasteiger partial charge >= 0.3 is 6.03 Å². The number of halogens is 3. The van der Waals surface area contributed by atoms with Crippen molar-refractivity contribution in [1.82, 2.24) is 10.6 Å². The zero-order valence-corrected chi connectivity index (χ0v) is 14.2. The average Bonchev–Trinajstić information content (AvgIpc) is 2.97. The number of carbonyl (C=O) groups is 2. The molecule has 27 heavy (non-hydrogen) atoms. The second kappa shape index (κ2) is 7.56. The topological polar surface area (TPSA) is 79.5 Å². The Morgan fingerprint density at radius 1 is 1.15 bits per heavy atom. The van der Waals surface area contributed by atoms with Gasteiger partial charge in [-0.3, -0.25) is 4.79 Å². The van der Waals surface area contributed by atoms with E-state index in [-0.39, 0.29) is 17.9 Å². The van der Waals surface area contributed by atoms with Gasteiger partial charge in [0.05, 0.1) is 7.11 Å². The predicted molar refractivity (Wildman–Crippen MR) is 91.0 cm³/mol. The molecule has 1 heterocycles. The van der Waals surface area contributed by atoms with Gasteiger partial charge in [-0.2, -0.15) is 0 Å². The maximum atomic E-state index is 14.3. The third-order valence-corrected chi connectivity index (χ3v) is 4.23. The summed E-state index contributed by atoms with van der Waals surface area (Å²) < 4.78 is 46.4. The Labute approximate surface area is 152 Å². The van der Waals surface area contributed by atoms with E-state index >= 15 is 0 Å². The minimum Gasteiger partial charge on any atom is -0.497 e. The number of benzene rings is 2. The minimum atomic E-state index is -1.18. The molecule has 1 fully saturated rings. The number of ether oxygens (including phenoxy) is 1. The van der Waals surface area contributed by atoms with Crippen molar-refractivity contribution >= 4 is 17.6 Å². The van der Waals surface area contributed by atoms with Crippen LogP contribution in [0, 0.1) is 17.5 Å². The quantitative estimate of drug-likeness (QED) is 0.764. The highest BCUT2D eigenvalue weighted by atomic mass is 19.1. The first-order valence-electron chi connectivity index (χ1n) is 8.02. The van der Waals surface area contributed by atoms with E-state index < -0.39 is 41.3 Å². The first kappa shape index (κ1) is 18.6. The van der Waals surface area contributed by atoms with Crippen LogP contribution in [-0.4, -0.2) is 31.6 Å². The van der Waals surface area contributed by atoms with Crippen LogP contribution < -0.4 is 20.7 Å². The first-order valence-corrected chi connectivity index (χ1v) is 8.02. The third-order valence-electron chi connectivity index (χ3n) is 4.23. The van der Waals surface area contributed by atoms with Gasteiger partial charge in [-0.15, -0.1) is 0 Å². The molecule has 0 spiro atoms. The maximum absolute atomic E-state index is 14.3. The molecular formula is C18H16F3N3O3. The zero-order valence-electron chi connectivity index (χ0n) is 14.2. The molecule has 0 aromatic heterocycles. The molecule has 0 unspecified atom stereocenters. The van der Waals surface area contributed by atoms with Crippen LogP contribution in [0.25, 0.3) is 0 Å². The number of hydrogen-bond donors (Lipinski definition) is 3. The van der Waals surface area contributed by atoms with E-state index in [0.717, 1.165) is 24.3 Å². The second-order valence-electron chi connectivity index (χ2n) is 5.94. The van der Waals surface area contributed by atoms with Gasteiger partial charge < -0.3 is 20.7 Å². The minimum absolute atomic E-state index is 0.00425. The lowest BCUT2D eigenvalue weighted by Crippen LogP contribution is -2.45. The summed E-state index contributed by atoms with van der Waals surface area (Å²) in [5, 5.41) is 7.32. The fourth-order valence-electron chi connectivity index (χ4n) is 2.93. The van der Waals surface area contributed by atoms with E-state index in [1.54, 1.807) is 0 Å². The molecule has 0 saturated carbocycles. The Kier molecular flexibility index (Phi) is 5.20. The Balaban J connectivity index is 1.78. The smallest absolute Gasteiger partial charge is 0.319 e. The maximum Gasteiger partial charge on any atom is 0.319 e. The molecule has 9 heteroatoms. The molecule has 2 atom stereocenters. The van der Waals surface area contributed by atoms with Gasteiger partial charge in [0.15, 0.2) is 0 Å². The first-order chi connectivity index (χ1) is 12.9. The third kappa shape index (κ3) is 3.97. The average molecular weight is 379 g/mol. The van der Waals surface area contributed by atoms with Gasteiger partial charge in [-0.05, 0) is 24.3 Å². The molecule has 1 saturated heterocycles. The lowest BCUT2D eigenvalue weighted by Gasteiger charge is -2.20. The SMILES string of the molecule is COc1cc(F)c([C@@H]2CNC(=O)[C@@H]2NC(=O)Nc2ccc(F)cc2)c(F)c1.